The number of likely N-dealkylation sites (N-methyl/N-ethyl adjacent to an activating group) is 1. The zero-order valence-electron chi connectivity index (χ0n) is 27.4. The summed E-state index contributed by atoms with van der Waals surface area (Å²) in [5, 5.41) is 3.63. The molecule has 5 heterocycles. The molecule has 0 aliphatic carbocycles. The van der Waals surface area contributed by atoms with Crippen LogP contribution in [0.1, 0.15) is 49.4 Å². The molecule has 2 aromatic heterocycles. The summed E-state index contributed by atoms with van der Waals surface area (Å²) < 4.78 is 18.7. The Labute approximate surface area is 277 Å². The van der Waals surface area contributed by atoms with Crippen molar-refractivity contribution < 1.29 is 28.6 Å². The average molecular weight is 667 g/mol. The Morgan fingerprint density at radius 2 is 1.87 bits per heavy atom. The fourth-order valence-corrected chi connectivity index (χ4v) is 6.70. The van der Waals surface area contributed by atoms with Gasteiger partial charge in [0.2, 0.25) is 5.60 Å². The fourth-order valence-electron chi connectivity index (χ4n) is 6.44. The number of alkyl carbamates (subject to hydrolysis) is 1. The number of piperazine rings is 1. The van der Waals surface area contributed by atoms with Gasteiger partial charge in [0.25, 0.3) is 5.56 Å². The molecular weight excluding hydrogens is 628 g/mol. The van der Waals surface area contributed by atoms with Crippen LogP contribution in [0.3, 0.4) is 0 Å². The van der Waals surface area contributed by atoms with Gasteiger partial charge in [-0.3, -0.25) is 4.79 Å². The molecule has 2 amide bonds. The number of hydrogen-bond donors (Lipinski definition) is 1. The second kappa shape index (κ2) is 12.4. The van der Waals surface area contributed by atoms with Crippen LogP contribution in [0.4, 0.5) is 9.59 Å². The zero-order valence-corrected chi connectivity index (χ0v) is 28.2. The monoisotopic (exact) mass is 666 g/mol. The number of ether oxygens (including phenoxy) is 3. The number of esters is 1. The van der Waals surface area contributed by atoms with Crippen LogP contribution in [-0.2, 0) is 39.6 Å². The van der Waals surface area contributed by atoms with Gasteiger partial charge in [-0.15, -0.1) is 0 Å². The van der Waals surface area contributed by atoms with E-state index in [4.69, 9.17) is 30.8 Å². The summed E-state index contributed by atoms with van der Waals surface area (Å²) in [4.78, 5) is 63.9. The molecule has 1 saturated heterocycles. The molecule has 1 atom stereocenters. The number of aromatic nitrogens is 2. The molecule has 250 valence electrons. The van der Waals surface area contributed by atoms with Gasteiger partial charge in [-0.25, -0.2) is 19.4 Å². The number of halogens is 1. The fraction of sp³-hybridized carbons (Fsp3) is 0.485. The number of amides is 2. The van der Waals surface area contributed by atoms with E-state index in [-0.39, 0.29) is 47.5 Å². The lowest BCUT2D eigenvalue weighted by molar-refractivity contribution is -0.172. The van der Waals surface area contributed by atoms with Crippen molar-refractivity contribution in [2.24, 2.45) is 0 Å². The van der Waals surface area contributed by atoms with Crippen LogP contribution in [0.2, 0.25) is 5.02 Å². The summed E-state index contributed by atoms with van der Waals surface area (Å²) in [7, 11) is 5.83. The third kappa shape index (κ3) is 5.80. The predicted octanol–water partition coefficient (Wildman–Crippen LogP) is 3.68. The van der Waals surface area contributed by atoms with Gasteiger partial charge in [0, 0.05) is 60.8 Å². The van der Waals surface area contributed by atoms with E-state index in [0.29, 0.717) is 47.7 Å². The number of hydrogen-bond acceptors (Lipinski definition) is 10. The minimum absolute atomic E-state index is 0.0599. The molecular formula is C33H39ClN6O7. The van der Waals surface area contributed by atoms with Crippen molar-refractivity contribution in [3.63, 3.8) is 0 Å². The number of rotatable bonds is 6. The summed E-state index contributed by atoms with van der Waals surface area (Å²) in [6.45, 7) is 8.26. The Bertz CT molecular complexity index is 1850. The molecule has 0 bridgehead atoms. The minimum Gasteiger partial charge on any atom is -0.457 e. The van der Waals surface area contributed by atoms with E-state index >= 15 is 0 Å². The molecule has 1 fully saturated rings. The van der Waals surface area contributed by atoms with Gasteiger partial charge in [0.05, 0.1) is 34.0 Å². The molecule has 0 saturated carbocycles. The van der Waals surface area contributed by atoms with Crippen LogP contribution in [0.15, 0.2) is 23.0 Å². The van der Waals surface area contributed by atoms with Gasteiger partial charge < -0.3 is 38.8 Å². The van der Waals surface area contributed by atoms with Crippen LogP contribution < -0.4 is 15.6 Å². The molecule has 14 heteroatoms. The predicted molar refractivity (Wildman–Crippen MR) is 175 cm³/mol. The van der Waals surface area contributed by atoms with E-state index in [9.17, 15) is 19.2 Å². The molecule has 0 radical (unpaired) electrons. The summed E-state index contributed by atoms with van der Waals surface area (Å²) >= 11 is 6.80. The van der Waals surface area contributed by atoms with Gasteiger partial charge in [0.15, 0.2) is 5.75 Å². The standard InChI is InChI=1S/C33H39ClN6O7/c1-7-33(47-31(43)35-18(2)3)23-13-26-27-19(15-40(26)29(41)22(23)17-45-30(33)42)12-20-21(16-37(4)5)28(24(34)14-25(20)36-27)46-32(44)39-10-8-38(6)9-11-39/h12-14,18H,7-11,15-17H2,1-6H3,(H,35,43)/t33-/m0/s1. The van der Waals surface area contributed by atoms with Crippen LogP contribution in [0.5, 0.6) is 5.75 Å². The molecule has 6 rings (SSSR count). The largest absolute Gasteiger partial charge is 0.457 e. The Kier molecular flexibility index (Phi) is 8.66. The quantitative estimate of drug-likeness (QED) is 0.304. The number of carbonyl (C=O) groups is 3. The number of carbonyl (C=O) groups excluding carboxylic acids is 3. The molecule has 47 heavy (non-hydrogen) atoms. The second-order valence-electron chi connectivity index (χ2n) is 12.9. The SMILES string of the molecule is CC[C@@]1(OC(=O)NC(C)C)C(=O)OCc2c1cc1n(c2=O)Cc2cc3c(CN(C)C)c(OC(=O)N4CCN(C)CC4)c(Cl)cc3nc2-1. The highest BCUT2D eigenvalue weighted by Crippen LogP contribution is 2.43. The van der Waals surface area contributed by atoms with Crippen molar-refractivity contribution in [1.82, 2.24) is 29.6 Å². The van der Waals surface area contributed by atoms with Crippen molar-refractivity contribution in [2.45, 2.75) is 58.5 Å². The van der Waals surface area contributed by atoms with Gasteiger partial charge in [-0.05, 0) is 59.6 Å². The van der Waals surface area contributed by atoms with Gasteiger partial charge in [-0.2, -0.15) is 0 Å². The number of pyridine rings is 2. The highest BCUT2D eigenvalue weighted by atomic mass is 35.5. The first-order valence-corrected chi connectivity index (χ1v) is 16.1. The first kappa shape index (κ1) is 32.7. The third-order valence-corrected chi connectivity index (χ3v) is 9.17. The van der Waals surface area contributed by atoms with Crippen molar-refractivity contribution in [3.8, 4) is 17.1 Å². The van der Waals surface area contributed by atoms with E-state index in [1.54, 1.807) is 42.4 Å². The zero-order chi connectivity index (χ0) is 33.8. The van der Waals surface area contributed by atoms with E-state index in [2.05, 4.69) is 10.2 Å². The summed E-state index contributed by atoms with van der Waals surface area (Å²) in [6.07, 6.45) is -1.19. The molecule has 3 aromatic rings. The maximum absolute atomic E-state index is 13.9. The Balaban J connectivity index is 1.45. The normalized spacial score (nSPS) is 19.0. The van der Waals surface area contributed by atoms with Gasteiger partial charge in [0.1, 0.15) is 6.61 Å². The number of nitrogens with one attached hydrogen (secondary N) is 1. The Morgan fingerprint density at radius 3 is 2.53 bits per heavy atom. The molecule has 0 unspecified atom stereocenters. The van der Waals surface area contributed by atoms with Crippen LogP contribution in [0, 0.1) is 0 Å². The average Bonchev–Trinajstić information content (AvgIpc) is 3.37. The van der Waals surface area contributed by atoms with Crippen LogP contribution in [0.25, 0.3) is 22.3 Å². The Hall–Kier alpha value is -4.20. The lowest BCUT2D eigenvalue weighted by Gasteiger charge is -2.35. The molecule has 3 aliphatic rings. The van der Waals surface area contributed by atoms with Gasteiger partial charge >= 0.3 is 18.2 Å². The van der Waals surface area contributed by atoms with E-state index in [0.717, 1.165) is 24.0 Å². The number of nitrogens with zero attached hydrogens (tertiary/aromatic N) is 5. The maximum atomic E-state index is 13.9. The topological polar surface area (TPSA) is 136 Å². The molecule has 3 aliphatic heterocycles. The summed E-state index contributed by atoms with van der Waals surface area (Å²) in [6, 6.07) is 5.09. The van der Waals surface area contributed by atoms with Crippen molar-refractivity contribution in [2.75, 3.05) is 47.3 Å². The highest BCUT2D eigenvalue weighted by Gasteiger charge is 2.50. The first-order chi connectivity index (χ1) is 22.3. The second-order valence-corrected chi connectivity index (χ2v) is 13.3. The summed E-state index contributed by atoms with van der Waals surface area (Å²) in [5.74, 6) is -0.457. The van der Waals surface area contributed by atoms with Gasteiger partial charge in [-0.1, -0.05) is 18.5 Å². The highest BCUT2D eigenvalue weighted by molar-refractivity contribution is 6.33. The van der Waals surface area contributed by atoms with Crippen LogP contribution >= 0.6 is 11.6 Å². The Morgan fingerprint density at radius 1 is 1.15 bits per heavy atom. The lowest BCUT2D eigenvalue weighted by Crippen LogP contribution is -2.49. The van der Waals surface area contributed by atoms with Crippen molar-refractivity contribution in [1.29, 1.82) is 0 Å². The first-order valence-electron chi connectivity index (χ1n) is 15.7. The van der Waals surface area contributed by atoms with Crippen molar-refractivity contribution >= 4 is 40.7 Å². The molecule has 13 nitrogen and oxygen atoms in total. The minimum atomic E-state index is -1.80. The maximum Gasteiger partial charge on any atom is 0.415 e. The molecule has 0 spiro atoms. The molecule has 1 N–H and O–H groups in total. The number of fused-ring (bicyclic) bond motifs is 5. The smallest absolute Gasteiger partial charge is 0.415 e. The lowest BCUT2D eigenvalue weighted by atomic mass is 9.85. The van der Waals surface area contributed by atoms with Crippen molar-refractivity contribution in [3.05, 3.63) is 55.8 Å². The third-order valence-electron chi connectivity index (χ3n) is 8.89. The van der Waals surface area contributed by atoms with E-state index in [1.807, 2.05) is 32.1 Å². The number of benzene rings is 1. The van der Waals surface area contributed by atoms with E-state index in [1.165, 1.54) is 0 Å². The van der Waals surface area contributed by atoms with Crippen LogP contribution in [-0.4, -0.2) is 95.8 Å². The van der Waals surface area contributed by atoms with E-state index < -0.39 is 23.8 Å². The number of cyclic esters (lactones) is 1. The molecule has 1 aromatic carbocycles. The summed E-state index contributed by atoms with van der Waals surface area (Å²) in [5.41, 5.74) is 1.44.